The lowest BCUT2D eigenvalue weighted by Gasteiger charge is -2.07. The number of hydrogen-bond acceptors (Lipinski definition) is 3. The Morgan fingerprint density at radius 3 is 2.40 bits per heavy atom. The maximum Gasteiger partial charge on any atom is 0.240 e. The summed E-state index contributed by atoms with van der Waals surface area (Å²) in [5.41, 5.74) is 6.55. The lowest BCUT2D eigenvalue weighted by molar-refractivity contribution is 0.581. The minimum absolute atomic E-state index is 0.0205. The van der Waals surface area contributed by atoms with E-state index in [9.17, 15) is 12.8 Å². The predicted molar refractivity (Wildman–Crippen MR) is 76.3 cm³/mol. The number of nitrogens with one attached hydrogen (secondary N) is 1. The second kappa shape index (κ2) is 5.78. The van der Waals surface area contributed by atoms with Gasteiger partial charge in [-0.25, -0.2) is 17.5 Å². The van der Waals surface area contributed by atoms with Gasteiger partial charge in [-0.15, -0.1) is 0 Å². The van der Waals surface area contributed by atoms with Crippen molar-refractivity contribution in [2.75, 3.05) is 5.73 Å². The van der Waals surface area contributed by atoms with Crippen molar-refractivity contribution in [1.82, 2.24) is 4.72 Å². The van der Waals surface area contributed by atoms with Gasteiger partial charge >= 0.3 is 0 Å². The van der Waals surface area contributed by atoms with Gasteiger partial charge in [0.15, 0.2) is 0 Å². The Morgan fingerprint density at radius 1 is 1.15 bits per heavy atom. The van der Waals surface area contributed by atoms with Crippen molar-refractivity contribution in [3.63, 3.8) is 0 Å². The molecular weight excluding hydrogens is 303 g/mol. The lowest BCUT2D eigenvalue weighted by atomic mass is 10.2. The third-order valence-electron chi connectivity index (χ3n) is 2.64. The van der Waals surface area contributed by atoms with E-state index in [1.807, 2.05) is 0 Å². The summed E-state index contributed by atoms with van der Waals surface area (Å²) in [4.78, 5) is 0.111. The Hall–Kier alpha value is -1.63. The summed E-state index contributed by atoms with van der Waals surface area (Å²) in [7, 11) is -3.64. The SMILES string of the molecule is Nc1ccc(S(=O)(=O)NCc2ccc(F)c(Cl)c2)cc1. The zero-order valence-electron chi connectivity index (χ0n) is 10.3. The lowest BCUT2D eigenvalue weighted by Crippen LogP contribution is -2.23. The molecule has 0 saturated carbocycles. The van der Waals surface area contributed by atoms with E-state index in [4.69, 9.17) is 17.3 Å². The number of sulfonamides is 1. The van der Waals surface area contributed by atoms with Crippen molar-refractivity contribution in [3.8, 4) is 0 Å². The molecule has 3 N–H and O–H groups in total. The van der Waals surface area contributed by atoms with Gasteiger partial charge in [-0.3, -0.25) is 0 Å². The second-order valence-corrected chi connectivity index (χ2v) is 6.32. The van der Waals surface area contributed by atoms with Crippen molar-refractivity contribution in [2.45, 2.75) is 11.4 Å². The van der Waals surface area contributed by atoms with E-state index < -0.39 is 15.8 Å². The molecule has 2 aromatic carbocycles. The van der Waals surface area contributed by atoms with E-state index in [0.29, 0.717) is 11.3 Å². The van der Waals surface area contributed by atoms with Crippen LogP contribution in [0, 0.1) is 5.82 Å². The Labute approximate surface area is 121 Å². The van der Waals surface area contributed by atoms with Crippen LogP contribution in [0.4, 0.5) is 10.1 Å². The molecule has 0 aliphatic carbocycles. The second-order valence-electron chi connectivity index (χ2n) is 4.14. The van der Waals surface area contributed by atoms with Crippen LogP contribution in [0.1, 0.15) is 5.56 Å². The van der Waals surface area contributed by atoms with Gasteiger partial charge in [0.1, 0.15) is 5.82 Å². The van der Waals surface area contributed by atoms with Crippen LogP contribution in [-0.4, -0.2) is 8.42 Å². The molecule has 0 unspecified atom stereocenters. The van der Waals surface area contributed by atoms with Crippen molar-refractivity contribution in [2.24, 2.45) is 0 Å². The van der Waals surface area contributed by atoms with Gasteiger partial charge in [-0.1, -0.05) is 17.7 Å². The zero-order chi connectivity index (χ0) is 14.8. The molecule has 0 fully saturated rings. The molecular formula is C13H12ClFN2O2S. The minimum Gasteiger partial charge on any atom is -0.399 e. The average molecular weight is 315 g/mol. The van der Waals surface area contributed by atoms with Gasteiger partial charge in [0.2, 0.25) is 10.0 Å². The average Bonchev–Trinajstić information content (AvgIpc) is 2.41. The molecule has 106 valence electrons. The van der Waals surface area contributed by atoms with E-state index in [1.54, 1.807) is 0 Å². The summed E-state index contributed by atoms with van der Waals surface area (Å²) in [5.74, 6) is -0.545. The molecule has 2 aromatic rings. The number of benzene rings is 2. The van der Waals surface area contributed by atoms with E-state index in [0.717, 1.165) is 0 Å². The Balaban J connectivity index is 2.13. The largest absolute Gasteiger partial charge is 0.399 e. The molecule has 0 spiro atoms. The van der Waals surface area contributed by atoms with E-state index >= 15 is 0 Å². The van der Waals surface area contributed by atoms with Gasteiger partial charge in [0.05, 0.1) is 9.92 Å². The van der Waals surface area contributed by atoms with Crippen LogP contribution in [-0.2, 0) is 16.6 Å². The molecule has 0 amide bonds. The number of hydrogen-bond donors (Lipinski definition) is 2. The van der Waals surface area contributed by atoms with Gasteiger partial charge < -0.3 is 5.73 Å². The van der Waals surface area contributed by atoms with E-state index in [1.165, 1.54) is 42.5 Å². The quantitative estimate of drug-likeness (QED) is 0.852. The van der Waals surface area contributed by atoms with Gasteiger partial charge in [0.25, 0.3) is 0 Å². The van der Waals surface area contributed by atoms with Crippen LogP contribution < -0.4 is 10.5 Å². The van der Waals surface area contributed by atoms with Gasteiger partial charge in [0, 0.05) is 12.2 Å². The third kappa shape index (κ3) is 3.47. The molecule has 2 rings (SSSR count). The minimum atomic E-state index is -3.64. The molecule has 20 heavy (non-hydrogen) atoms. The number of halogens is 2. The van der Waals surface area contributed by atoms with Gasteiger partial charge in [-0.2, -0.15) is 0 Å². The number of anilines is 1. The monoisotopic (exact) mass is 314 g/mol. The summed E-state index contributed by atoms with van der Waals surface area (Å²) in [5, 5.41) is -0.0471. The standard InChI is InChI=1S/C13H12ClFN2O2S/c14-12-7-9(1-6-13(12)15)8-17-20(18,19)11-4-2-10(16)3-5-11/h1-7,17H,8,16H2. The van der Waals surface area contributed by atoms with Crippen molar-refractivity contribution in [3.05, 3.63) is 58.9 Å². The Kier molecular flexibility index (Phi) is 4.27. The van der Waals surface area contributed by atoms with Crippen LogP contribution in [0.25, 0.3) is 0 Å². The molecule has 0 radical (unpaired) electrons. The normalized spacial score (nSPS) is 11.5. The van der Waals surface area contributed by atoms with E-state index in [2.05, 4.69) is 4.72 Å². The number of rotatable bonds is 4. The predicted octanol–water partition coefficient (Wildman–Crippen LogP) is 2.54. The highest BCUT2D eigenvalue weighted by Gasteiger charge is 2.13. The first-order valence-electron chi connectivity index (χ1n) is 5.67. The summed E-state index contributed by atoms with van der Waals surface area (Å²) >= 11 is 5.63. The van der Waals surface area contributed by atoms with Crippen LogP contribution in [0.5, 0.6) is 0 Å². The fourth-order valence-corrected chi connectivity index (χ4v) is 2.78. The highest BCUT2D eigenvalue weighted by molar-refractivity contribution is 7.89. The Morgan fingerprint density at radius 2 is 1.80 bits per heavy atom. The summed E-state index contributed by atoms with van der Waals surface area (Å²) in [6, 6.07) is 9.86. The molecule has 0 aliphatic heterocycles. The van der Waals surface area contributed by atoms with Crippen molar-refractivity contribution < 1.29 is 12.8 Å². The molecule has 7 heteroatoms. The maximum absolute atomic E-state index is 13.0. The third-order valence-corrected chi connectivity index (χ3v) is 4.35. The highest BCUT2D eigenvalue weighted by atomic mass is 35.5. The van der Waals surface area contributed by atoms with E-state index in [-0.39, 0.29) is 16.5 Å². The van der Waals surface area contributed by atoms with Crippen LogP contribution in [0.3, 0.4) is 0 Å². The highest BCUT2D eigenvalue weighted by Crippen LogP contribution is 2.17. The zero-order valence-corrected chi connectivity index (χ0v) is 11.9. The topological polar surface area (TPSA) is 72.2 Å². The summed E-state index contributed by atoms with van der Waals surface area (Å²) in [6.07, 6.45) is 0. The number of nitrogen functional groups attached to an aromatic ring is 1. The first-order chi connectivity index (χ1) is 9.38. The van der Waals surface area contributed by atoms with Crippen molar-refractivity contribution >= 4 is 27.3 Å². The van der Waals surface area contributed by atoms with Crippen LogP contribution in [0.2, 0.25) is 5.02 Å². The smallest absolute Gasteiger partial charge is 0.240 e. The first-order valence-corrected chi connectivity index (χ1v) is 7.54. The number of nitrogens with two attached hydrogens (primary N) is 1. The van der Waals surface area contributed by atoms with Crippen LogP contribution in [0.15, 0.2) is 47.4 Å². The molecule has 0 aromatic heterocycles. The molecule has 0 bridgehead atoms. The maximum atomic E-state index is 13.0. The fourth-order valence-electron chi connectivity index (χ4n) is 1.56. The van der Waals surface area contributed by atoms with Gasteiger partial charge in [-0.05, 0) is 42.0 Å². The van der Waals surface area contributed by atoms with Crippen LogP contribution >= 0.6 is 11.6 Å². The fraction of sp³-hybridized carbons (Fsp3) is 0.0769. The Bertz CT molecular complexity index is 718. The summed E-state index contributed by atoms with van der Waals surface area (Å²) in [6.45, 7) is 0.0205. The molecule has 4 nitrogen and oxygen atoms in total. The molecule has 0 saturated heterocycles. The first kappa shape index (κ1) is 14.8. The molecule has 0 aliphatic rings. The summed E-state index contributed by atoms with van der Waals surface area (Å²) < 4.78 is 39.4. The molecule has 0 heterocycles. The van der Waals surface area contributed by atoms with Crippen molar-refractivity contribution in [1.29, 1.82) is 0 Å². The molecule has 0 atom stereocenters.